The van der Waals surface area contributed by atoms with E-state index in [2.05, 4.69) is 5.32 Å². The van der Waals surface area contributed by atoms with Crippen molar-refractivity contribution < 1.29 is 19.1 Å². The first-order chi connectivity index (χ1) is 12.5. The first kappa shape index (κ1) is 17.7. The molecule has 1 aliphatic heterocycles. The average molecular weight is 352 g/mol. The Morgan fingerprint density at radius 3 is 2.46 bits per heavy atom. The van der Waals surface area contributed by atoms with Gasteiger partial charge in [-0.1, -0.05) is 24.3 Å². The molecular formula is C20H20N2O4. The van der Waals surface area contributed by atoms with Crippen molar-refractivity contribution in [1.82, 2.24) is 5.32 Å². The molecule has 6 nitrogen and oxygen atoms in total. The summed E-state index contributed by atoms with van der Waals surface area (Å²) in [7, 11) is 1.58. The second-order valence-corrected chi connectivity index (χ2v) is 6.11. The van der Waals surface area contributed by atoms with Gasteiger partial charge in [0.05, 0.1) is 18.8 Å². The van der Waals surface area contributed by atoms with E-state index in [1.165, 1.54) is 0 Å². The van der Waals surface area contributed by atoms with Crippen LogP contribution in [0.5, 0.6) is 5.75 Å². The molecule has 1 saturated heterocycles. The van der Waals surface area contributed by atoms with Crippen LogP contribution in [0.2, 0.25) is 0 Å². The van der Waals surface area contributed by atoms with Crippen molar-refractivity contribution >= 4 is 23.4 Å². The van der Waals surface area contributed by atoms with E-state index >= 15 is 0 Å². The van der Waals surface area contributed by atoms with Crippen LogP contribution in [0, 0.1) is 0 Å². The second kappa shape index (κ2) is 7.39. The predicted octanol–water partition coefficient (Wildman–Crippen LogP) is 2.84. The lowest BCUT2D eigenvalue weighted by atomic mass is 10.1. The zero-order chi connectivity index (χ0) is 18.7. The molecule has 0 spiro atoms. The fourth-order valence-corrected chi connectivity index (χ4v) is 3.03. The molecule has 0 unspecified atom stereocenters. The van der Waals surface area contributed by atoms with Gasteiger partial charge in [0.25, 0.3) is 5.91 Å². The maximum atomic E-state index is 12.6. The molecule has 134 valence electrons. The molecule has 0 bridgehead atoms. The van der Waals surface area contributed by atoms with Crippen LogP contribution in [0.4, 0.5) is 5.69 Å². The highest BCUT2D eigenvalue weighted by Crippen LogP contribution is 2.26. The number of imide groups is 1. The molecule has 26 heavy (non-hydrogen) atoms. The smallest absolute Gasteiger partial charge is 0.251 e. The number of carbonyl (C=O) groups excluding carboxylic acids is 3. The lowest BCUT2D eigenvalue weighted by Crippen LogP contribution is -2.30. The third-order valence-electron chi connectivity index (χ3n) is 4.37. The van der Waals surface area contributed by atoms with E-state index in [0.29, 0.717) is 17.0 Å². The maximum absolute atomic E-state index is 12.6. The molecule has 0 radical (unpaired) electrons. The standard InChI is InChI=1S/C20H20N2O4/c1-13(16-8-3-4-9-17(16)26-2)21-20(25)14-6-5-7-15(12-14)22-18(23)10-11-19(22)24/h3-9,12-13H,10-11H2,1-2H3,(H,21,25)/t13-/m0/s1. The molecular weight excluding hydrogens is 332 g/mol. The molecule has 0 aliphatic carbocycles. The summed E-state index contributed by atoms with van der Waals surface area (Å²) >= 11 is 0. The summed E-state index contributed by atoms with van der Waals surface area (Å²) < 4.78 is 5.33. The minimum Gasteiger partial charge on any atom is -0.496 e. The third kappa shape index (κ3) is 3.44. The minimum atomic E-state index is -0.288. The quantitative estimate of drug-likeness (QED) is 0.840. The van der Waals surface area contributed by atoms with Crippen LogP contribution in [0.1, 0.15) is 41.7 Å². The number of methoxy groups -OCH3 is 1. The van der Waals surface area contributed by atoms with Crippen LogP contribution in [-0.4, -0.2) is 24.8 Å². The number of amides is 3. The van der Waals surface area contributed by atoms with Crippen molar-refractivity contribution in [3.63, 3.8) is 0 Å². The number of benzene rings is 2. The van der Waals surface area contributed by atoms with Crippen LogP contribution in [0.25, 0.3) is 0 Å². The SMILES string of the molecule is COc1ccccc1[C@H](C)NC(=O)c1cccc(N2C(=O)CCC2=O)c1. The van der Waals surface area contributed by atoms with Crippen molar-refractivity contribution in [2.75, 3.05) is 12.0 Å². The fourth-order valence-electron chi connectivity index (χ4n) is 3.03. The number of nitrogens with one attached hydrogen (secondary N) is 1. The number of para-hydroxylation sites is 1. The summed E-state index contributed by atoms with van der Waals surface area (Å²) in [6, 6.07) is 13.7. The number of hydrogen-bond acceptors (Lipinski definition) is 4. The van der Waals surface area contributed by atoms with Crippen LogP contribution in [0.3, 0.4) is 0 Å². The van der Waals surface area contributed by atoms with Gasteiger partial charge in [-0.3, -0.25) is 19.3 Å². The first-order valence-corrected chi connectivity index (χ1v) is 8.41. The van der Waals surface area contributed by atoms with Gasteiger partial charge < -0.3 is 10.1 Å². The highest BCUT2D eigenvalue weighted by atomic mass is 16.5. The van der Waals surface area contributed by atoms with E-state index in [1.807, 2.05) is 31.2 Å². The predicted molar refractivity (Wildman–Crippen MR) is 97.0 cm³/mol. The van der Waals surface area contributed by atoms with E-state index in [-0.39, 0.29) is 36.6 Å². The number of ether oxygens (including phenoxy) is 1. The monoisotopic (exact) mass is 352 g/mol. The van der Waals surface area contributed by atoms with Gasteiger partial charge in [0.15, 0.2) is 0 Å². The Kier molecular flexibility index (Phi) is 5.02. The second-order valence-electron chi connectivity index (χ2n) is 6.11. The maximum Gasteiger partial charge on any atom is 0.251 e. The van der Waals surface area contributed by atoms with Gasteiger partial charge in [-0.25, -0.2) is 0 Å². The van der Waals surface area contributed by atoms with E-state index in [4.69, 9.17) is 4.74 Å². The summed E-state index contributed by atoms with van der Waals surface area (Å²) in [4.78, 5) is 37.5. The van der Waals surface area contributed by atoms with Gasteiger partial charge in [0, 0.05) is 24.0 Å². The van der Waals surface area contributed by atoms with Crippen LogP contribution in [0.15, 0.2) is 48.5 Å². The number of nitrogens with zero attached hydrogens (tertiary/aromatic N) is 1. The molecule has 0 aromatic heterocycles. The topological polar surface area (TPSA) is 75.7 Å². The first-order valence-electron chi connectivity index (χ1n) is 8.41. The Balaban J connectivity index is 1.79. The van der Waals surface area contributed by atoms with E-state index in [1.54, 1.807) is 31.4 Å². The van der Waals surface area contributed by atoms with Gasteiger partial charge in [0.2, 0.25) is 11.8 Å². The molecule has 2 aromatic rings. The zero-order valence-corrected chi connectivity index (χ0v) is 14.7. The van der Waals surface area contributed by atoms with Gasteiger partial charge in [0.1, 0.15) is 5.75 Å². The molecule has 1 aliphatic rings. The Labute approximate surface area is 151 Å². The third-order valence-corrected chi connectivity index (χ3v) is 4.37. The van der Waals surface area contributed by atoms with Crippen molar-refractivity contribution in [1.29, 1.82) is 0 Å². The van der Waals surface area contributed by atoms with Crippen LogP contribution < -0.4 is 15.0 Å². The highest BCUT2D eigenvalue weighted by Gasteiger charge is 2.30. The van der Waals surface area contributed by atoms with E-state index in [0.717, 1.165) is 10.5 Å². The number of hydrogen-bond donors (Lipinski definition) is 1. The van der Waals surface area contributed by atoms with Gasteiger partial charge in [-0.15, -0.1) is 0 Å². The molecule has 1 fully saturated rings. The summed E-state index contributed by atoms with van der Waals surface area (Å²) in [6.45, 7) is 1.87. The highest BCUT2D eigenvalue weighted by molar-refractivity contribution is 6.20. The molecule has 6 heteroatoms. The molecule has 3 rings (SSSR count). The van der Waals surface area contributed by atoms with Gasteiger partial charge >= 0.3 is 0 Å². The van der Waals surface area contributed by atoms with E-state index in [9.17, 15) is 14.4 Å². The molecule has 1 N–H and O–H groups in total. The lowest BCUT2D eigenvalue weighted by molar-refractivity contribution is -0.121. The largest absolute Gasteiger partial charge is 0.496 e. The number of carbonyl (C=O) groups is 3. The van der Waals surface area contributed by atoms with Gasteiger partial charge in [-0.05, 0) is 31.2 Å². The average Bonchev–Trinajstić information content (AvgIpc) is 3.00. The summed E-state index contributed by atoms with van der Waals surface area (Å²) in [5.41, 5.74) is 1.68. The fraction of sp³-hybridized carbons (Fsp3) is 0.250. The lowest BCUT2D eigenvalue weighted by Gasteiger charge is -2.18. The number of rotatable bonds is 5. The van der Waals surface area contributed by atoms with Crippen molar-refractivity contribution in [3.05, 3.63) is 59.7 Å². The van der Waals surface area contributed by atoms with Crippen LogP contribution >= 0.6 is 0 Å². The van der Waals surface area contributed by atoms with Crippen LogP contribution in [-0.2, 0) is 9.59 Å². The minimum absolute atomic E-state index is 0.208. The van der Waals surface area contributed by atoms with Crippen molar-refractivity contribution in [2.45, 2.75) is 25.8 Å². The molecule has 3 amide bonds. The Bertz CT molecular complexity index is 846. The molecule has 0 saturated carbocycles. The normalized spacial score (nSPS) is 15.1. The molecule has 1 atom stereocenters. The summed E-state index contributed by atoms with van der Waals surface area (Å²) in [6.07, 6.45) is 0.417. The Morgan fingerprint density at radius 1 is 1.08 bits per heavy atom. The number of anilines is 1. The van der Waals surface area contributed by atoms with Crippen molar-refractivity contribution in [3.8, 4) is 5.75 Å². The Morgan fingerprint density at radius 2 is 1.77 bits per heavy atom. The van der Waals surface area contributed by atoms with E-state index < -0.39 is 0 Å². The molecule has 2 aromatic carbocycles. The van der Waals surface area contributed by atoms with Crippen molar-refractivity contribution in [2.24, 2.45) is 0 Å². The Hall–Kier alpha value is -3.15. The zero-order valence-electron chi connectivity index (χ0n) is 14.7. The summed E-state index contributed by atoms with van der Waals surface area (Å²) in [5.74, 6) is -0.0726. The van der Waals surface area contributed by atoms with Gasteiger partial charge in [-0.2, -0.15) is 0 Å². The molecule has 1 heterocycles. The summed E-state index contributed by atoms with van der Waals surface area (Å²) in [5, 5.41) is 2.92.